The van der Waals surface area contributed by atoms with E-state index in [1.165, 1.54) is 11.1 Å². The standard InChI is InChI=1S/C13H16F3N3O/c14-13(15,16)9-3-5-19(6-4-9)12(20)7-11-2-1-10(17)8-18-11/h1-2,8-9H,3-7,17H2. The molecule has 0 unspecified atom stereocenters. The van der Waals surface area contributed by atoms with Gasteiger partial charge in [-0.05, 0) is 25.0 Å². The number of amides is 1. The summed E-state index contributed by atoms with van der Waals surface area (Å²) in [6, 6.07) is 3.29. The van der Waals surface area contributed by atoms with Crippen molar-refractivity contribution in [3.8, 4) is 0 Å². The lowest BCUT2D eigenvalue weighted by molar-refractivity contribution is -0.186. The van der Waals surface area contributed by atoms with E-state index < -0.39 is 12.1 Å². The molecular weight excluding hydrogens is 271 g/mol. The van der Waals surface area contributed by atoms with Gasteiger partial charge in [0.05, 0.1) is 24.2 Å². The van der Waals surface area contributed by atoms with E-state index in [9.17, 15) is 18.0 Å². The first kappa shape index (κ1) is 14.6. The molecule has 1 aromatic rings. The fraction of sp³-hybridized carbons (Fsp3) is 0.538. The van der Waals surface area contributed by atoms with Crippen LogP contribution in [0.5, 0.6) is 0 Å². The molecule has 110 valence electrons. The van der Waals surface area contributed by atoms with E-state index in [0.717, 1.165) is 0 Å². The highest BCUT2D eigenvalue weighted by atomic mass is 19.4. The molecule has 2 N–H and O–H groups in total. The summed E-state index contributed by atoms with van der Waals surface area (Å²) >= 11 is 0. The summed E-state index contributed by atoms with van der Waals surface area (Å²) in [4.78, 5) is 17.5. The molecule has 1 aliphatic heterocycles. The van der Waals surface area contributed by atoms with Gasteiger partial charge in [0.25, 0.3) is 0 Å². The Hall–Kier alpha value is -1.79. The Morgan fingerprint density at radius 2 is 2.00 bits per heavy atom. The average Bonchev–Trinajstić information content (AvgIpc) is 2.40. The van der Waals surface area contributed by atoms with Crippen LogP contribution in [0.3, 0.4) is 0 Å². The van der Waals surface area contributed by atoms with Crippen molar-refractivity contribution in [2.45, 2.75) is 25.4 Å². The Labute approximate surface area is 114 Å². The molecular formula is C13H16F3N3O. The number of nitrogens with zero attached hydrogens (tertiary/aromatic N) is 2. The lowest BCUT2D eigenvalue weighted by Gasteiger charge is -2.32. The van der Waals surface area contributed by atoms with Crippen LogP contribution in [0.25, 0.3) is 0 Å². The second kappa shape index (κ2) is 5.68. The van der Waals surface area contributed by atoms with Gasteiger partial charge < -0.3 is 10.6 Å². The zero-order valence-electron chi connectivity index (χ0n) is 10.9. The third-order valence-electron chi connectivity index (χ3n) is 3.49. The predicted octanol–water partition coefficient (Wildman–Crippen LogP) is 2.01. The van der Waals surface area contributed by atoms with E-state index in [4.69, 9.17) is 5.73 Å². The number of piperidine rings is 1. The molecule has 20 heavy (non-hydrogen) atoms. The molecule has 0 saturated carbocycles. The molecule has 1 aliphatic rings. The van der Waals surface area contributed by atoms with Crippen molar-refractivity contribution >= 4 is 11.6 Å². The second-order valence-corrected chi connectivity index (χ2v) is 4.96. The molecule has 2 heterocycles. The van der Waals surface area contributed by atoms with Crippen LogP contribution in [0, 0.1) is 5.92 Å². The summed E-state index contributed by atoms with van der Waals surface area (Å²) in [7, 11) is 0. The van der Waals surface area contributed by atoms with E-state index in [-0.39, 0.29) is 38.3 Å². The number of anilines is 1. The molecule has 0 aliphatic carbocycles. The maximum absolute atomic E-state index is 12.5. The van der Waals surface area contributed by atoms with Crippen LogP contribution >= 0.6 is 0 Å². The Kier molecular flexibility index (Phi) is 4.15. The van der Waals surface area contributed by atoms with E-state index in [1.807, 2.05) is 0 Å². The highest BCUT2D eigenvalue weighted by molar-refractivity contribution is 5.78. The van der Waals surface area contributed by atoms with E-state index in [0.29, 0.717) is 11.4 Å². The second-order valence-electron chi connectivity index (χ2n) is 4.96. The van der Waals surface area contributed by atoms with Crippen LogP contribution in [0.4, 0.5) is 18.9 Å². The topological polar surface area (TPSA) is 59.2 Å². The molecule has 1 aromatic heterocycles. The van der Waals surface area contributed by atoms with Crippen molar-refractivity contribution in [2.24, 2.45) is 5.92 Å². The zero-order chi connectivity index (χ0) is 14.8. The van der Waals surface area contributed by atoms with Crippen molar-refractivity contribution < 1.29 is 18.0 Å². The van der Waals surface area contributed by atoms with Crippen LogP contribution in [0.15, 0.2) is 18.3 Å². The molecule has 0 atom stereocenters. The first-order chi connectivity index (χ1) is 9.36. The van der Waals surface area contributed by atoms with E-state index in [1.54, 1.807) is 12.1 Å². The summed E-state index contributed by atoms with van der Waals surface area (Å²) in [5.74, 6) is -1.48. The minimum atomic E-state index is -4.16. The van der Waals surface area contributed by atoms with Gasteiger partial charge in [0.1, 0.15) is 0 Å². The first-order valence-electron chi connectivity index (χ1n) is 6.41. The molecule has 0 radical (unpaired) electrons. The highest BCUT2D eigenvalue weighted by Crippen LogP contribution is 2.34. The average molecular weight is 287 g/mol. The van der Waals surface area contributed by atoms with Crippen LogP contribution in [-0.2, 0) is 11.2 Å². The number of rotatable bonds is 2. The number of halogens is 3. The zero-order valence-corrected chi connectivity index (χ0v) is 10.9. The van der Waals surface area contributed by atoms with Gasteiger partial charge in [-0.2, -0.15) is 13.2 Å². The number of aromatic nitrogens is 1. The van der Waals surface area contributed by atoms with Crippen molar-refractivity contribution in [3.05, 3.63) is 24.0 Å². The molecule has 0 spiro atoms. The van der Waals surface area contributed by atoms with Crippen LogP contribution in [0.1, 0.15) is 18.5 Å². The van der Waals surface area contributed by atoms with Gasteiger partial charge in [-0.25, -0.2) is 0 Å². The fourth-order valence-corrected chi connectivity index (χ4v) is 2.26. The number of carbonyl (C=O) groups excluding carboxylic acids is 1. The number of likely N-dealkylation sites (tertiary alicyclic amines) is 1. The monoisotopic (exact) mass is 287 g/mol. The molecule has 7 heteroatoms. The number of carbonyl (C=O) groups is 1. The van der Waals surface area contributed by atoms with E-state index in [2.05, 4.69) is 4.98 Å². The normalized spacial score (nSPS) is 17.2. The SMILES string of the molecule is Nc1ccc(CC(=O)N2CCC(C(F)(F)F)CC2)nc1. The smallest absolute Gasteiger partial charge is 0.391 e. The summed E-state index contributed by atoms with van der Waals surface area (Å²) in [6.07, 6.45) is -2.65. The van der Waals surface area contributed by atoms with Crippen molar-refractivity contribution in [3.63, 3.8) is 0 Å². The Balaban J connectivity index is 1.87. The molecule has 0 aromatic carbocycles. The van der Waals surface area contributed by atoms with Crippen molar-refractivity contribution in [1.29, 1.82) is 0 Å². The van der Waals surface area contributed by atoms with E-state index >= 15 is 0 Å². The Morgan fingerprint density at radius 1 is 1.35 bits per heavy atom. The lowest BCUT2D eigenvalue weighted by Crippen LogP contribution is -2.42. The third kappa shape index (κ3) is 3.61. The maximum Gasteiger partial charge on any atom is 0.391 e. The van der Waals surface area contributed by atoms with Gasteiger partial charge in [0, 0.05) is 18.8 Å². The molecule has 2 rings (SSSR count). The first-order valence-corrected chi connectivity index (χ1v) is 6.41. The van der Waals surface area contributed by atoms with Gasteiger partial charge in [0.2, 0.25) is 5.91 Å². The van der Waals surface area contributed by atoms with Crippen LogP contribution < -0.4 is 5.73 Å². The molecule has 1 amide bonds. The minimum Gasteiger partial charge on any atom is -0.397 e. The summed E-state index contributed by atoms with van der Waals surface area (Å²) in [6.45, 7) is 0.302. The third-order valence-corrected chi connectivity index (χ3v) is 3.49. The Morgan fingerprint density at radius 3 is 2.50 bits per heavy atom. The highest BCUT2D eigenvalue weighted by Gasteiger charge is 2.41. The van der Waals surface area contributed by atoms with Gasteiger partial charge >= 0.3 is 6.18 Å². The Bertz CT molecular complexity index is 465. The molecule has 1 saturated heterocycles. The predicted molar refractivity (Wildman–Crippen MR) is 67.7 cm³/mol. The van der Waals surface area contributed by atoms with Gasteiger partial charge in [-0.15, -0.1) is 0 Å². The number of pyridine rings is 1. The van der Waals surface area contributed by atoms with Crippen LogP contribution in [0.2, 0.25) is 0 Å². The molecule has 1 fully saturated rings. The summed E-state index contributed by atoms with van der Waals surface area (Å²) in [5, 5.41) is 0. The minimum absolute atomic E-state index is 0.0234. The van der Waals surface area contributed by atoms with Crippen LogP contribution in [-0.4, -0.2) is 35.1 Å². The quantitative estimate of drug-likeness (QED) is 0.905. The molecule has 4 nitrogen and oxygen atoms in total. The summed E-state index contributed by atoms with van der Waals surface area (Å²) in [5.41, 5.74) is 6.57. The van der Waals surface area contributed by atoms with Crippen molar-refractivity contribution in [2.75, 3.05) is 18.8 Å². The number of alkyl halides is 3. The summed E-state index contributed by atoms with van der Waals surface area (Å²) < 4.78 is 37.6. The van der Waals surface area contributed by atoms with Gasteiger partial charge in [-0.3, -0.25) is 9.78 Å². The largest absolute Gasteiger partial charge is 0.397 e. The number of hydrogen-bond acceptors (Lipinski definition) is 3. The van der Waals surface area contributed by atoms with Crippen molar-refractivity contribution in [1.82, 2.24) is 9.88 Å². The number of nitrogen functional groups attached to an aromatic ring is 1. The maximum atomic E-state index is 12.5. The van der Waals surface area contributed by atoms with Gasteiger partial charge in [0.15, 0.2) is 0 Å². The van der Waals surface area contributed by atoms with Gasteiger partial charge in [-0.1, -0.05) is 0 Å². The number of nitrogens with two attached hydrogens (primary N) is 1. The molecule has 0 bridgehead atoms. The fourth-order valence-electron chi connectivity index (χ4n) is 2.26. The number of hydrogen-bond donors (Lipinski definition) is 1. The lowest BCUT2D eigenvalue weighted by atomic mass is 9.96.